The van der Waals surface area contributed by atoms with E-state index in [0.717, 1.165) is 23.2 Å². The Bertz CT molecular complexity index is 962. The summed E-state index contributed by atoms with van der Waals surface area (Å²) in [6.45, 7) is 4.14. The maximum absolute atomic E-state index is 12.4. The molecule has 2 aromatic carbocycles. The zero-order valence-electron chi connectivity index (χ0n) is 14.9. The van der Waals surface area contributed by atoms with Gasteiger partial charge in [0, 0.05) is 18.5 Å². The van der Waals surface area contributed by atoms with E-state index in [-0.39, 0.29) is 11.4 Å². The summed E-state index contributed by atoms with van der Waals surface area (Å²) in [5, 5.41) is 0. The van der Waals surface area contributed by atoms with E-state index in [2.05, 4.69) is 9.71 Å². The van der Waals surface area contributed by atoms with Crippen molar-refractivity contribution in [2.45, 2.75) is 31.6 Å². The highest BCUT2D eigenvalue weighted by molar-refractivity contribution is 7.89. The van der Waals surface area contributed by atoms with Crippen LogP contribution in [0.2, 0.25) is 0 Å². The van der Waals surface area contributed by atoms with Crippen LogP contribution in [0, 0.1) is 6.92 Å². The van der Waals surface area contributed by atoms with Crippen LogP contribution in [-0.2, 0) is 22.9 Å². The first-order valence-electron chi connectivity index (χ1n) is 8.60. The molecular weight excluding hydrogens is 348 g/mol. The molecule has 0 spiro atoms. The molecule has 0 saturated carbocycles. The van der Waals surface area contributed by atoms with E-state index in [4.69, 9.17) is 4.42 Å². The lowest BCUT2D eigenvalue weighted by Crippen LogP contribution is -2.26. The lowest BCUT2D eigenvalue weighted by atomic mass is 10.2. The van der Waals surface area contributed by atoms with Gasteiger partial charge in [-0.05, 0) is 43.2 Å². The normalized spacial score (nSPS) is 11.6. The van der Waals surface area contributed by atoms with Gasteiger partial charge in [0.2, 0.25) is 15.9 Å². The lowest BCUT2D eigenvalue weighted by Gasteiger charge is -2.06. The minimum Gasteiger partial charge on any atom is -0.441 e. The van der Waals surface area contributed by atoms with Crippen LogP contribution >= 0.6 is 0 Å². The first-order chi connectivity index (χ1) is 12.5. The Morgan fingerprint density at radius 2 is 1.73 bits per heavy atom. The minimum absolute atomic E-state index is 0.263. The highest BCUT2D eigenvalue weighted by Crippen LogP contribution is 2.21. The van der Waals surface area contributed by atoms with Crippen LogP contribution in [0.5, 0.6) is 0 Å². The second-order valence-corrected chi connectivity index (χ2v) is 7.80. The first-order valence-corrected chi connectivity index (χ1v) is 10.1. The third kappa shape index (κ3) is 4.20. The van der Waals surface area contributed by atoms with Gasteiger partial charge in [0.15, 0.2) is 0 Å². The minimum atomic E-state index is -3.52. The van der Waals surface area contributed by atoms with Crippen LogP contribution < -0.4 is 4.72 Å². The topological polar surface area (TPSA) is 72.2 Å². The lowest BCUT2D eigenvalue weighted by molar-refractivity contribution is 0.538. The summed E-state index contributed by atoms with van der Waals surface area (Å²) < 4.78 is 33.1. The van der Waals surface area contributed by atoms with Crippen molar-refractivity contribution in [3.05, 3.63) is 71.6 Å². The van der Waals surface area contributed by atoms with Crippen molar-refractivity contribution in [1.29, 1.82) is 0 Å². The Labute approximate surface area is 154 Å². The van der Waals surface area contributed by atoms with Gasteiger partial charge >= 0.3 is 0 Å². The number of aromatic nitrogens is 1. The van der Waals surface area contributed by atoms with Crippen molar-refractivity contribution in [2.24, 2.45) is 0 Å². The van der Waals surface area contributed by atoms with E-state index < -0.39 is 10.0 Å². The Hall–Kier alpha value is -2.44. The Kier molecular flexibility index (Phi) is 5.54. The van der Waals surface area contributed by atoms with Gasteiger partial charge < -0.3 is 4.42 Å². The van der Waals surface area contributed by atoms with Crippen molar-refractivity contribution >= 4 is 10.0 Å². The molecule has 0 atom stereocenters. The average Bonchev–Trinajstić information content (AvgIpc) is 3.03. The van der Waals surface area contributed by atoms with Crippen molar-refractivity contribution < 1.29 is 12.8 Å². The third-order valence-corrected chi connectivity index (χ3v) is 5.69. The number of aryl methyl sites for hydroxylation is 2. The molecule has 26 heavy (non-hydrogen) atoms. The summed E-state index contributed by atoms with van der Waals surface area (Å²) in [4.78, 5) is 4.77. The molecule has 0 aliphatic carbocycles. The fourth-order valence-electron chi connectivity index (χ4n) is 2.66. The summed E-state index contributed by atoms with van der Waals surface area (Å²) in [5.74, 6) is 1.26. The number of sulfonamides is 1. The van der Waals surface area contributed by atoms with Gasteiger partial charge in [-0.15, -0.1) is 0 Å². The van der Waals surface area contributed by atoms with Crippen LogP contribution in [0.1, 0.15) is 23.9 Å². The summed E-state index contributed by atoms with van der Waals surface area (Å²) in [6.07, 6.45) is 1.34. The van der Waals surface area contributed by atoms with E-state index in [1.165, 1.54) is 0 Å². The zero-order valence-corrected chi connectivity index (χ0v) is 15.7. The number of nitrogens with one attached hydrogen (secondary N) is 1. The maximum Gasteiger partial charge on any atom is 0.240 e. The molecule has 6 heteroatoms. The van der Waals surface area contributed by atoms with Gasteiger partial charge in [0.25, 0.3) is 0 Å². The van der Waals surface area contributed by atoms with Crippen molar-refractivity contribution in [2.75, 3.05) is 6.54 Å². The van der Waals surface area contributed by atoms with Crippen LogP contribution in [0.4, 0.5) is 0 Å². The van der Waals surface area contributed by atoms with E-state index in [1.807, 2.05) is 56.3 Å². The van der Waals surface area contributed by atoms with E-state index in [0.29, 0.717) is 18.1 Å². The van der Waals surface area contributed by atoms with Crippen molar-refractivity contribution in [3.63, 3.8) is 0 Å². The fraction of sp³-hybridized carbons (Fsp3) is 0.250. The van der Waals surface area contributed by atoms with Gasteiger partial charge in [-0.2, -0.15) is 0 Å². The van der Waals surface area contributed by atoms with E-state index in [9.17, 15) is 8.42 Å². The molecule has 1 N–H and O–H groups in total. The molecule has 0 aliphatic rings. The van der Waals surface area contributed by atoms with Crippen LogP contribution in [0.25, 0.3) is 11.5 Å². The number of oxazole rings is 1. The Balaban J connectivity index is 1.65. The number of nitrogens with zero attached hydrogens (tertiary/aromatic N) is 1. The molecule has 0 bridgehead atoms. The quantitative estimate of drug-likeness (QED) is 0.688. The molecule has 0 fully saturated rings. The molecule has 1 heterocycles. The fourth-order valence-corrected chi connectivity index (χ4v) is 3.69. The van der Waals surface area contributed by atoms with Gasteiger partial charge in [0.1, 0.15) is 5.76 Å². The predicted molar refractivity (Wildman–Crippen MR) is 101 cm³/mol. The summed E-state index contributed by atoms with van der Waals surface area (Å²) in [6, 6.07) is 16.6. The molecular formula is C20H22N2O3S. The first kappa shape index (κ1) is 18.4. The van der Waals surface area contributed by atoms with Crippen LogP contribution in [0.15, 0.2) is 63.9 Å². The summed E-state index contributed by atoms with van der Waals surface area (Å²) in [5.41, 5.74) is 2.77. The number of benzene rings is 2. The summed E-state index contributed by atoms with van der Waals surface area (Å²) in [7, 11) is -3.52. The molecule has 1 aromatic heterocycles. The van der Waals surface area contributed by atoms with E-state index in [1.54, 1.807) is 12.1 Å². The van der Waals surface area contributed by atoms with Crippen molar-refractivity contribution in [3.8, 4) is 11.5 Å². The number of rotatable bonds is 7. The van der Waals surface area contributed by atoms with E-state index >= 15 is 0 Å². The van der Waals surface area contributed by atoms with Gasteiger partial charge in [0.05, 0.1) is 10.6 Å². The molecule has 136 valence electrons. The van der Waals surface area contributed by atoms with Crippen molar-refractivity contribution in [1.82, 2.24) is 9.71 Å². The average molecular weight is 370 g/mol. The molecule has 0 aliphatic heterocycles. The second kappa shape index (κ2) is 7.85. The second-order valence-electron chi connectivity index (χ2n) is 6.03. The highest BCUT2D eigenvalue weighted by atomic mass is 32.2. The zero-order chi connectivity index (χ0) is 18.6. The molecule has 0 amide bonds. The highest BCUT2D eigenvalue weighted by Gasteiger charge is 2.15. The molecule has 5 nitrogen and oxygen atoms in total. The number of hydrogen-bond acceptors (Lipinski definition) is 4. The molecule has 3 aromatic rings. The maximum atomic E-state index is 12.4. The molecule has 3 rings (SSSR count). The molecule has 0 radical (unpaired) electrons. The SMILES string of the molecule is CCc1ccc(S(=O)(=O)NCCc2nc(-c3ccccc3)oc2C)cc1. The number of hydrogen-bond donors (Lipinski definition) is 1. The van der Waals surface area contributed by atoms with Gasteiger partial charge in [-0.3, -0.25) is 0 Å². The largest absolute Gasteiger partial charge is 0.441 e. The predicted octanol–water partition coefficient (Wildman–Crippen LogP) is 3.73. The molecule has 0 saturated heterocycles. The Morgan fingerprint density at radius 3 is 2.38 bits per heavy atom. The third-order valence-electron chi connectivity index (χ3n) is 4.21. The van der Waals surface area contributed by atoms with Crippen LogP contribution in [0.3, 0.4) is 0 Å². The van der Waals surface area contributed by atoms with Gasteiger partial charge in [-0.1, -0.05) is 37.3 Å². The monoisotopic (exact) mass is 370 g/mol. The Morgan fingerprint density at radius 1 is 1.04 bits per heavy atom. The van der Waals surface area contributed by atoms with Crippen LogP contribution in [-0.4, -0.2) is 19.9 Å². The molecule has 0 unspecified atom stereocenters. The summed E-state index contributed by atoms with van der Waals surface area (Å²) >= 11 is 0. The standard InChI is InChI=1S/C20H22N2O3S/c1-3-16-9-11-18(12-10-16)26(23,24)21-14-13-19-15(2)25-20(22-19)17-7-5-4-6-8-17/h4-12,21H,3,13-14H2,1-2H3. The smallest absolute Gasteiger partial charge is 0.240 e. The van der Waals surface area contributed by atoms with Gasteiger partial charge in [-0.25, -0.2) is 18.1 Å².